The number of benzene rings is 1. The highest BCUT2D eigenvalue weighted by Crippen LogP contribution is 2.22. The largest absolute Gasteiger partial charge is 0.478 e. The lowest BCUT2D eigenvalue weighted by atomic mass is 10.1. The lowest BCUT2D eigenvalue weighted by Gasteiger charge is -2.03. The Hall–Kier alpha value is -2.76. The molecule has 1 aromatic carbocycles. The van der Waals surface area contributed by atoms with E-state index in [1.54, 1.807) is 47.3 Å². The first-order valence-electron chi connectivity index (χ1n) is 5.25. The molecule has 0 fully saturated rings. The van der Waals surface area contributed by atoms with Crippen molar-refractivity contribution in [2.24, 2.45) is 0 Å². The van der Waals surface area contributed by atoms with Crippen molar-refractivity contribution in [2.45, 2.75) is 0 Å². The number of rotatable bonds is 2. The molecule has 0 aliphatic heterocycles. The van der Waals surface area contributed by atoms with Gasteiger partial charge in [0.15, 0.2) is 11.5 Å². The van der Waals surface area contributed by atoms with Gasteiger partial charge in [0.05, 0.1) is 11.8 Å². The maximum atomic E-state index is 11.2. The Bertz CT molecular complexity index is 736. The standard InChI is InChI=1S/C12H8N4O2/c17-12(18)9-4-2-1-3-8(9)11-15-14-10-7-13-5-6-16(10)11/h1-7H,(H,17,18). The minimum absolute atomic E-state index is 0.198. The Morgan fingerprint density at radius 1 is 1.22 bits per heavy atom. The van der Waals surface area contributed by atoms with E-state index in [4.69, 9.17) is 5.11 Å². The van der Waals surface area contributed by atoms with Gasteiger partial charge in [0.25, 0.3) is 0 Å². The first-order valence-corrected chi connectivity index (χ1v) is 5.25. The molecule has 0 spiro atoms. The molecule has 0 amide bonds. The van der Waals surface area contributed by atoms with Crippen LogP contribution in [0.15, 0.2) is 42.9 Å². The predicted molar refractivity (Wildman–Crippen MR) is 63.2 cm³/mol. The summed E-state index contributed by atoms with van der Waals surface area (Å²) >= 11 is 0. The number of carbonyl (C=O) groups is 1. The van der Waals surface area contributed by atoms with Gasteiger partial charge in [0, 0.05) is 18.0 Å². The van der Waals surface area contributed by atoms with E-state index in [-0.39, 0.29) is 5.56 Å². The Balaban J connectivity index is 2.30. The number of hydrogen-bond acceptors (Lipinski definition) is 4. The van der Waals surface area contributed by atoms with E-state index in [9.17, 15) is 4.79 Å². The van der Waals surface area contributed by atoms with Crippen LogP contribution in [-0.4, -0.2) is 30.7 Å². The van der Waals surface area contributed by atoms with Gasteiger partial charge in [-0.05, 0) is 6.07 Å². The lowest BCUT2D eigenvalue weighted by molar-refractivity contribution is 0.0697. The van der Waals surface area contributed by atoms with Gasteiger partial charge in [-0.2, -0.15) is 0 Å². The number of hydrogen-bond donors (Lipinski definition) is 1. The zero-order valence-electron chi connectivity index (χ0n) is 9.19. The highest BCUT2D eigenvalue weighted by molar-refractivity contribution is 5.95. The van der Waals surface area contributed by atoms with E-state index in [1.807, 2.05) is 0 Å². The van der Waals surface area contributed by atoms with Gasteiger partial charge < -0.3 is 5.11 Å². The zero-order valence-corrected chi connectivity index (χ0v) is 9.19. The molecule has 0 saturated heterocycles. The molecule has 88 valence electrons. The monoisotopic (exact) mass is 240 g/mol. The van der Waals surface area contributed by atoms with Crippen LogP contribution >= 0.6 is 0 Å². The Labute approximate surface area is 102 Å². The summed E-state index contributed by atoms with van der Waals surface area (Å²) in [6.07, 6.45) is 4.87. The minimum Gasteiger partial charge on any atom is -0.478 e. The topological polar surface area (TPSA) is 80.4 Å². The Morgan fingerprint density at radius 3 is 2.89 bits per heavy atom. The number of carboxylic acids is 1. The molecular formula is C12H8N4O2. The van der Waals surface area contributed by atoms with Crippen molar-refractivity contribution >= 4 is 11.6 Å². The summed E-state index contributed by atoms with van der Waals surface area (Å²) in [4.78, 5) is 15.1. The van der Waals surface area contributed by atoms with Gasteiger partial charge in [-0.1, -0.05) is 18.2 Å². The van der Waals surface area contributed by atoms with Crippen molar-refractivity contribution in [2.75, 3.05) is 0 Å². The van der Waals surface area contributed by atoms with Crippen molar-refractivity contribution in [3.63, 3.8) is 0 Å². The van der Waals surface area contributed by atoms with Crippen LogP contribution in [-0.2, 0) is 0 Å². The third-order valence-corrected chi connectivity index (χ3v) is 2.61. The summed E-state index contributed by atoms with van der Waals surface area (Å²) < 4.78 is 1.70. The first kappa shape index (κ1) is 10.4. The molecule has 6 nitrogen and oxygen atoms in total. The molecule has 3 aromatic rings. The SMILES string of the molecule is O=C(O)c1ccccc1-c1nnc2cnccn12. The minimum atomic E-state index is -0.989. The average Bonchev–Trinajstić information content (AvgIpc) is 2.82. The lowest BCUT2D eigenvalue weighted by Crippen LogP contribution is -2.01. The fourth-order valence-corrected chi connectivity index (χ4v) is 1.80. The van der Waals surface area contributed by atoms with Crippen LogP contribution in [0.2, 0.25) is 0 Å². The van der Waals surface area contributed by atoms with E-state index >= 15 is 0 Å². The van der Waals surface area contributed by atoms with Gasteiger partial charge in [0.2, 0.25) is 0 Å². The van der Waals surface area contributed by atoms with Crippen molar-refractivity contribution in [3.05, 3.63) is 48.4 Å². The molecule has 18 heavy (non-hydrogen) atoms. The van der Waals surface area contributed by atoms with Gasteiger partial charge in [-0.25, -0.2) is 4.79 Å². The molecular weight excluding hydrogens is 232 g/mol. The van der Waals surface area contributed by atoms with Crippen LogP contribution in [0.5, 0.6) is 0 Å². The molecule has 0 radical (unpaired) electrons. The van der Waals surface area contributed by atoms with Crippen molar-refractivity contribution in [1.82, 2.24) is 19.6 Å². The van der Waals surface area contributed by atoms with Crippen molar-refractivity contribution < 1.29 is 9.90 Å². The molecule has 0 bridgehead atoms. The van der Waals surface area contributed by atoms with Gasteiger partial charge >= 0.3 is 5.97 Å². The molecule has 1 N–H and O–H groups in total. The summed E-state index contributed by atoms with van der Waals surface area (Å²) in [7, 11) is 0. The van der Waals surface area contributed by atoms with Crippen LogP contribution < -0.4 is 0 Å². The molecule has 0 unspecified atom stereocenters. The number of fused-ring (bicyclic) bond motifs is 1. The molecule has 2 heterocycles. The smallest absolute Gasteiger partial charge is 0.336 e. The van der Waals surface area contributed by atoms with Crippen LogP contribution in [0.3, 0.4) is 0 Å². The van der Waals surface area contributed by atoms with Crippen LogP contribution in [0, 0.1) is 0 Å². The maximum Gasteiger partial charge on any atom is 0.336 e. The van der Waals surface area contributed by atoms with Crippen LogP contribution in [0.25, 0.3) is 17.0 Å². The van der Waals surface area contributed by atoms with E-state index in [0.717, 1.165) is 0 Å². The normalized spacial score (nSPS) is 10.7. The fourth-order valence-electron chi connectivity index (χ4n) is 1.80. The summed E-state index contributed by atoms with van der Waals surface area (Å²) in [5.74, 6) is -0.498. The van der Waals surface area contributed by atoms with E-state index in [2.05, 4.69) is 15.2 Å². The number of nitrogens with zero attached hydrogens (tertiary/aromatic N) is 4. The molecule has 0 atom stereocenters. The third-order valence-electron chi connectivity index (χ3n) is 2.61. The third kappa shape index (κ3) is 1.51. The second-order valence-corrected chi connectivity index (χ2v) is 3.68. The van der Waals surface area contributed by atoms with Gasteiger partial charge in [0.1, 0.15) is 0 Å². The second-order valence-electron chi connectivity index (χ2n) is 3.68. The summed E-state index contributed by atoms with van der Waals surface area (Å²) in [5, 5.41) is 17.1. The van der Waals surface area contributed by atoms with Gasteiger partial charge in [-0.15, -0.1) is 10.2 Å². The van der Waals surface area contributed by atoms with Gasteiger partial charge in [-0.3, -0.25) is 9.38 Å². The van der Waals surface area contributed by atoms with Crippen molar-refractivity contribution in [3.8, 4) is 11.4 Å². The molecule has 0 aliphatic rings. The molecule has 6 heteroatoms. The number of carboxylic acid groups (broad SMARTS) is 1. The highest BCUT2D eigenvalue weighted by Gasteiger charge is 2.15. The number of aromatic nitrogens is 4. The first-order chi connectivity index (χ1) is 8.77. The average molecular weight is 240 g/mol. The fraction of sp³-hybridized carbons (Fsp3) is 0. The number of aromatic carboxylic acids is 1. The van der Waals surface area contributed by atoms with E-state index in [1.165, 1.54) is 0 Å². The van der Waals surface area contributed by atoms with E-state index in [0.29, 0.717) is 17.0 Å². The van der Waals surface area contributed by atoms with Crippen LogP contribution in [0.1, 0.15) is 10.4 Å². The summed E-state index contributed by atoms with van der Waals surface area (Å²) in [6.45, 7) is 0. The summed E-state index contributed by atoms with van der Waals surface area (Å²) in [5.41, 5.74) is 1.31. The maximum absolute atomic E-state index is 11.2. The zero-order chi connectivity index (χ0) is 12.5. The molecule has 0 aliphatic carbocycles. The highest BCUT2D eigenvalue weighted by atomic mass is 16.4. The second kappa shape index (κ2) is 3.92. The Kier molecular flexibility index (Phi) is 2.26. The quantitative estimate of drug-likeness (QED) is 0.734. The van der Waals surface area contributed by atoms with Crippen LogP contribution in [0.4, 0.5) is 0 Å². The van der Waals surface area contributed by atoms with Crippen molar-refractivity contribution in [1.29, 1.82) is 0 Å². The molecule has 2 aromatic heterocycles. The Morgan fingerprint density at radius 2 is 2.06 bits per heavy atom. The molecule has 0 saturated carbocycles. The molecule has 3 rings (SSSR count). The predicted octanol–water partition coefficient (Wildman–Crippen LogP) is 1.49. The van der Waals surface area contributed by atoms with E-state index < -0.39 is 5.97 Å². The summed E-state index contributed by atoms with van der Waals surface area (Å²) in [6, 6.07) is 6.70.